The van der Waals surface area contributed by atoms with Crippen molar-refractivity contribution >= 4 is 0 Å². The van der Waals surface area contributed by atoms with Crippen molar-refractivity contribution < 1.29 is 24.1 Å². The molecule has 184 valence electrons. The molecule has 1 N–H and O–H groups in total. The number of rotatable bonds is 12. The van der Waals surface area contributed by atoms with E-state index in [-0.39, 0.29) is 13.2 Å². The number of hydrogen-bond donors (Lipinski definition) is 1. The summed E-state index contributed by atoms with van der Waals surface area (Å²) in [5.74, 6) is 5.77. The minimum Gasteiger partial charge on any atom is -0.393 e. The van der Waals surface area contributed by atoms with Crippen LogP contribution in [0, 0.1) is 11.8 Å². The van der Waals surface area contributed by atoms with E-state index in [1.165, 1.54) is 44.9 Å². The Morgan fingerprint density at radius 2 is 1.70 bits per heavy atom. The van der Waals surface area contributed by atoms with Gasteiger partial charge < -0.3 is 24.1 Å². The van der Waals surface area contributed by atoms with Gasteiger partial charge in [0.2, 0.25) is 0 Å². The van der Waals surface area contributed by atoms with Gasteiger partial charge in [-0.1, -0.05) is 88.1 Å². The maximum absolute atomic E-state index is 10.6. The Morgan fingerprint density at radius 1 is 1.00 bits per heavy atom. The summed E-state index contributed by atoms with van der Waals surface area (Å²) < 4.78 is 24.7. The molecule has 0 spiro atoms. The molecule has 2 saturated heterocycles. The highest BCUT2D eigenvalue weighted by molar-refractivity contribution is 5.29. The molecule has 0 bridgehead atoms. The van der Waals surface area contributed by atoms with Crippen molar-refractivity contribution in [3.63, 3.8) is 0 Å². The number of aliphatic hydroxyl groups is 1. The molecule has 1 aromatic rings. The molecule has 33 heavy (non-hydrogen) atoms. The molecule has 2 aliphatic rings. The SMILES string of the molecule is CCCCCCCCCCC#CC12COC(C)(C)OC1(CO)C(OCc1ccccc1)CO2. The van der Waals surface area contributed by atoms with Gasteiger partial charge in [0.1, 0.15) is 6.10 Å². The van der Waals surface area contributed by atoms with E-state index in [2.05, 4.69) is 18.8 Å². The Morgan fingerprint density at radius 3 is 2.39 bits per heavy atom. The van der Waals surface area contributed by atoms with E-state index in [9.17, 15) is 5.11 Å². The molecule has 0 aromatic heterocycles. The molecule has 0 amide bonds. The van der Waals surface area contributed by atoms with Crippen LogP contribution >= 0.6 is 0 Å². The van der Waals surface area contributed by atoms with Crippen LogP contribution in [0.4, 0.5) is 0 Å². The first kappa shape index (κ1) is 26.2. The van der Waals surface area contributed by atoms with Gasteiger partial charge in [0, 0.05) is 6.42 Å². The topological polar surface area (TPSA) is 57.2 Å². The molecule has 1 aromatic carbocycles. The van der Waals surface area contributed by atoms with Crippen molar-refractivity contribution in [1.29, 1.82) is 0 Å². The van der Waals surface area contributed by atoms with Crippen LogP contribution in [0.5, 0.6) is 0 Å². The lowest BCUT2D eigenvalue weighted by Gasteiger charge is -2.51. The second-order valence-corrected chi connectivity index (χ2v) is 9.79. The zero-order chi connectivity index (χ0) is 23.6. The predicted octanol–water partition coefficient (Wildman–Crippen LogP) is 5.39. The molecule has 3 atom stereocenters. The maximum Gasteiger partial charge on any atom is 0.185 e. The Hall–Kier alpha value is -1.42. The minimum absolute atomic E-state index is 0.244. The number of ether oxygens (including phenoxy) is 4. The van der Waals surface area contributed by atoms with Gasteiger partial charge in [-0.05, 0) is 25.8 Å². The third-order valence-corrected chi connectivity index (χ3v) is 6.71. The van der Waals surface area contributed by atoms with E-state index in [4.69, 9.17) is 18.9 Å². The first-order valence-electron chi connectivity index (χ1n) is 12.7. The minimum atomic E-state index is -1.09. The van der Waals surface area contributed by atoms with Crippen LogP contribution in [0.2, 0.25) is 0 Å². The molecular weight excluding hydrogens is 416 g/mol. The van der Waals surface area contributed by atoms with Crippen LogP contribution in [-0.2, 0) is 25.6 Å². The van der Waals surface area contributed by atoms with Crippen LogP contribution < -0.4 is 0 Å². The van der Waals surface area contributed by atoms with Gasteiger partial charge in [-0.3, -0.25) is 0 Å². The van der Waals surface area contributed by atoms with Crippen molar-refractivity contribution in [3.8, 4) is 11.8 Å². The van der Waals surface area contributed by atoms with Gasteiger partial charge in [-0.15, -0.1) is 5.92 Å². The van der Waals surface area contributed by atoms with E-state index in [1.54, 1.807) is 0 Å². The summed E-state index contributed by atoms with van der Waals surface area (Å²) in [5.41, 5.74) is -1.05. The van der Waals surface area contributed by atoms with Crippen LogP contribution in [0.3, 0.4) is 0 Å². The highest BCUT2D eigenvalue weighted by atomic mass is 16.8. The van der Waals surface area contributed by atoms with Crippen LogP contribution in [0.15, 0.2) is 30.3 Å². The monoisotopic (exact) mass is 458 g/mol. The van der Waals surface area contributed by atoms with Gasteiger partial charge in [0.25, 0.3) is 0 Å². The molecule has 2 heterocycles. The second-order valence-electron chi connectivity index (χ2n) is 9.79. The van der Waals surface area contributed by atoms with Gasteiger partial charge in [0.05, 0.1) is 26.4 Å². The highest BCUT2D eigenvalue weighted by Gasteiger charge is 2.68. The van der Waals surface area contributed by atoms with Crippen molar-refractivity contribution in [1.82, 2.24) is 0 Å². The molecule has 3 rings (SSSR count). The van der Waals surface area contributed by atoms with E-state index in [0.717, 1.165) is 18.4 Å². The summed E-state index contributed by atoms with van der Waals surface area (Å²) in [6.45, 7) is 6.69. The van der Waals surface area contributed by atoms with E-state index in [1.807, 2.05) is 44.2 Å². The first-order chi connectivity index (χ1) is 16.0. The van der Waals surface area contributed by atoms with Crippen molar-refractivity contribution in [2.24, 2.45) is 0 Å². The second kappa shape index (κ2) is 12.3. The largest absolute Gasteiger partial charge is 0.393 e. The lowest BCUT2D eigenvalue weighted by atomic mass is 9.80. The summed E-state index contributed by atoms with van der Waals surface area (Å²) in [6, 6.07) is 10.00. The standard InChI is InChI=1S/C28H42O5/c1-4-5-6-7-8-9-10-11-12-16-19-27-23-32-26(2,3)33-28(27,22-29)25(21-31-27)30-20-24-17-14-13-15-18-24/h13-15,17-18,25,29H,4-12,20-23H2,1-3H3. The number of hydrogen-bond acceptors (Lipinski definition) is 5. The quantitative estimate of drug-likeness (QED) is 0.336. The van der Waals surface area contributed by atoms with Crippen LogP contribution in [0.1, 0.15) is 84.1 Å². The lowest BCUT2D eigenvalue weighted by molar-refractivity contribution is -0.364. The zero-order valence-corrected chi connectivity index (χ0v) is 20.7. The lowest BCUT2D eigenvalue weighted by Crippen LogP contribution is -2.69. The average Bonchev–Trinajstić information content (AvgIpc) is 3.12. The fourth-order valence-corrected chi connectivity index (χ4v) is 4.74. The van der Waals surface area contributed by atoms with Gasteiger partial charge in [-0.25, -0.2) is 0 Å². The number of unbranched alkanes of at least 4 members (excludes halogenated alkanes) is 8. The summed E-state index contributed by atoms with van der Waals surface area (Å²) in [4.78, 5) is 0. The van der Waals surface area contributed by atoms with Gasteiger partial charge in [0.15, 0.2) is 17.0 Å². The van der Waals surface area contributed by atoms with E-state index < -0.39 is 23.1 Å². The third kappa shape index (κ3) is 6.59. The fourth-order valence-electron chi connectivity index (χ4n) is 4.74. The van der Waals surface area contributed by atoms with E-state index >= 15 is 0 Å². The van der Waals surface area contributed by atoms with Crippen molar-refractivity contribution in [2.45, 2.75) is 108 Å². The summed E-state index contributed by atoms with van der Waals surface area (Å²) in [7, 11) is 0. The Kier molecular flexibility index (Phi) is 9.79. The molecule has 0 aliphatic carbocycles. The summed E-state index contributed by atoms with van der Waals surface area (Å²) in [5, 5.41) is 10.6. The molecule has 2 aliphatic heterocycles. The first-order valence-corrected chi connectivity index (χ1v) is 12.7. The Balaban J connectivity index is 1.61. The molecule has 5 heteroatoms. The molecule has 0 saturated carbocycles. The van der Waals surface area contributed by atoms with Crippen molar-refractivity contribution in [2.75, 3.05) is 19.8 Å². The zero-order valence-electron chi connectivity index (χ0n) is 20.7. The highest BCUT2D eigenvalue weighted by Crippen LogP contribution is 2.47. The summed E-state index contributed by atoms with van der Waals surface area (Å²) in [6.07, 6.45) is 10.5. The Bertz CT molecular complexity index is 767. The molecule has 3 unspecified atom stereocenters. The molecule has 5 nitrogen and oxygen atoms in total. The Labute approximate surface area is 200 Å². The number of aliphatic hydroxyl groups excluding tert-OH is 1. The maximum atomic E-state index is 10.6. The third-order valence-electron chi connectivity index (χ3n) is 6.71. The molecule has 2 fully saturated rings. The van der Waals surface area contributed by atoms with Gasteiger partial charge in [-0.2, -0.15) is 0 Å². The predicted molar refractivity (Wildman–Crippen MR) is 130 cm³/mol. The van der Waals surface area contributed by atoms with Crippen LogP contribution in [0.25, 0.3) is 0 Å². The fraction of sp³-hybridized carbons (Fsp3) is 0.714. The molecular formula is C28H42O5. The van der Waals surface area contributed by atoms with E-state index in [0.29, 0.717) is 13.2 Å². The van der Waals surface area contributed by atoms with Crippen molar-refractivity contribution in [3.05, 3.63) is 35.9 Å². The molecule has 0 radical (unpaired) electrons. The smallest absolute Gasteiger partial charge is 0.185 e. The summed E-state index contributed by atoms with van der Waals surface area (Å²) >= 11 is 0. The van der Waals surface area contributed by atoms with Gasteiger partial charge >= 0.3 is 0 Å². The normalized spacial score (nSPS) is 28.2. The van der Waals surface area contributed by atoms with Crippen LogP contribution in [-0.4, -0.2) is 48.0 Å². The number of fused-ring (bicyclic) bond motifs is 1. The average molecular weight is 459 g/mol. The number of benzene rings is 1.